The van der Waals surface area contributed by atoms with Gasteiger partial charge in [0.1, 0.15) is 0 Å². The summed E-state index contributed by atoms with van der Waals surface area (Å²) >= 11 is 0. The molecule has 0 unspecified atom stereocenters. The predicted octanol–water partition coefficient (Wildman–Crippen LogP) is 2.19. The summed E-state index contributed by atoms with van der Waals surface area (Å²) < 4.78 is 45.5. The van der Waals surface area contributed by atoms with Crippen molar-refractivity contribution < 1.29 is 27.5 Å². The first-order chi connectivity index (χ1) is 12.8. The van der Waals surface area contributed by atoms with Gasteiger partial charge in [-0.1, -0.05) is 6.92 Å². The molecule has 0 radical (unpaired) electrons. The van der Waals surface area contributed by atoms with Crippen molar-refractivity contribution in [2.24, 2.45) is 0 Å². The zero-order chi connectivity index (χ0) is 19.9. The van der Waals surface area contributed by atoms with Crippen LogP contribution in [-0.4, -0.2) is 51.3 Å². The van der Waals surface area contributed by atoms with E-state index in [1.54, 1.807) is 4.90 Å². The number of carbonyl (C=O) groups excluding carboxylic acids is 2. The fourth-order valence-electron chi connectivity index (χ4n) is 2.55. The van der Waals surface area contributed by atoms with Crippen LogP contribution >= 0.6 is 0 Å². The highest BCUT2D eigenvalue weighted by Crippen LogP contribution is 2.37. The number of alkyl halides is 3. The van der Waals surface area contributed by atoms with Gasteiger partial charge in [0.25, 0.3) is 0 Å². The van der Waals surface area contributed by atoms with Gasteiger partial charge in [0, 0.05) is 25.3 Å². The van der Waals surface area contributed by atoms with Crippen LogP contribution < -0.4 is 20.9 Å². The zero-order valence-corrected chi connectivity index (χ0v) is 15.0. The summed E-state index contributed by atoms with van der Waals surface area (Å²) in [4.78, 5) is 25.1. The average molecular weight is 388 g/mol. The molecule has 3 amide bonds. The molecule has 0 bridgehead atoms. The highest BCUT2D eigenvalue weighted by molar-refractivity contribution is 5.93. The third kappa shape index (κ3) is 6.31. The van der Waals surface area contributed by atoms with Crippen LogP contribution in [0.2, 0.25) is 0 Å². The third-order valence-corrected chi connectivity index (χ3v) is 3.91. The van der Waals surface area contributed by atoms with E-state index in [1.165, 1.54) is 12.1 Å². The number of anilines is 2. The van der Waals surface area contributed by atoms with E-state index in [0.717, 1.165) is 12.5 Å². The molecule has 27 heavy (non-hydrogen) atoms. The van der Waals surface area contributed by atoms with Crippen molar-refractivity contribution in [2.75, 3.05) is 49.6 Å². The summed E-state index contributed by atoms with van der Waals surface area (Å²) in [5.41, 5.74) is -0.904. The van der Waals surface area contributed by atoms with Gasteiger partial charge < -0.3 is 25.6 Å². The van der Waals surface area contributed by atoms with Crippen LogP contribution in [0.4, 0.5) is 29.3 Å². The quantitative estimate of drug-likeness (QED) is 0.698. The molecule has 7 nitrogen and oxygen atoms in total. The van der Waals surface area contributed by atoms with Gasteiger partial charge in [-0.25, -0.2) is 4.79 Å². The minimum absolute atomic E-state index is 0.320. The molecule has 0 saturated carbocycles. The number of carbonyl (C=O) groups is 2. The molecule has 10 heteroatoms. The van der Waals surface area contributed by atoms with E-state index < -0.39 is 23.7 Å². The van der Waals surface area contributed by atoms with Crippen LogP contribution in [0.25, 0.3) is 0 Å². The Balaban J connectivity index is 2.06. The summed E-state index contributed by atoms with van der Waals surface area (Å²) in [5.74, 6) is -0.411. The lowest BCUT2D eigenvalue weighted by Crippen LogP contribution is -2.39. The van der Waals surface area contributed by atoms with Gasteiger partial charge in [-0.05, 0) is 24.6 Å². The van der Waals surface area contributed by atoms with Crippen LogP contribution in [0.3, 0.4) is 0 Å². The predicted molar refractivity (Wildman–Crippen MR) is 94.8 cm³/mol. The number of morpholine rings is 1. The molecule has 1 aromatic carbocycles. The number of rotatable bonds is 6. The summed E-state index contributed by atoms with van der Waals surface area (Å²) in [7, 11) is 0. The number of amides is 3. The molecule has 0 spiro atoms. The van der Waals surface area contributed by atoms with Crippen molar-refractivity contribution in [1.29, 1.82) is 0 Å². The number of nitrogens with one attached hydrogen (secondary N) is 3. The Morgan fingerprint density at radius 2 is 1.89 bits per heavy atom. The maximum Gasteiger partial charge on any atom is 0.418 e. The number of urea groups is 1. The lowest BCUT2D eigenvalue weighted by Gasteiger charge is -2.29. The molecule has 1 heterocycles. The van der Waals surface area contributed by atoms with Gasteiger partial charge in [-0.2, -0.15) is 13.2 Å². The Labute approximate surface area is 155 Å². The van der Waals surface area contributed by atoms with E-state index in [-0.39, 0.29) is 12.2 Å². The highest BCUT2D eigenvalue weighted by atomic mass is 19.4. The Hall–Kier alpha value is -2.49. The van der Waals surface area contributed by atoms with Gasteiger partial charge >= 0.3 is 12.2 Å². The van der Waals surface area contributed by atoms with E-state index in [1.807, 2.05) is 6.92 Å². The normalized spacial score (nSPS) is 14.6. The van der Waals surface area contributed by atoms with Crippen LogP contribution in [-0.2, 0) is 15.7 Å². The standard InChI is InChI=1S/C17H23F3N4O3/c1-2-5-21-15(25)11-22-16(26)23-14-4-3-12(10-13(14)17(18,19)20)24-6-8-27-9-7-24/h3-4,10H,2,5-9,11H2,1H3,(H,21,25)(H2,22,23,26). The number of benzene rings is 1. The lowest BCUT2D eigenvalue weighted by atomic mass is 10.1. The molecule has 0 aromatic heterocycles. The van der Waals surface area contributed by atoms with Gasteiger partial charge in [0.05, 0.1) is 31.0 Å². The second-order valence-electron chi connectivity index (χ2n) is 5.98. The Morgan fingerprint density at radius 3 is 2.52 bits per heavy atom. The lowest BCUT2D eigenvalue weighted by molar-refractivity contribution is -0.136. The molecule has 1 aliphatic heterocycles. The Morgan fingerprint density at radius 1 is 1.19 bits per heavy atom. The first-order valence-electron chi connectivity index (χ1n) is 8.66. The number of ether oxygens (including phenoxy) is 1. The molecule has 0 aliphatic carbocycles. The van der Waals surface area contributed by atoms with Gasteiger partial charge in [-0.3, -0.25) is 4.79 Å². The van der Waals surface area contributed by atoms with Crippen molar-refractivity contribution in [1.82, 2.24) is 10.6 Å². The van der Waals surface area contributed by atoms with Crippen LogP contribution in [0.15, 0.2) is 18.2 Å². The van der Waals surface area contributed by atoms with Gasteiger partial charge in [-0.15, -0.1) is 0 Å². The van der Waals surface area contributed by atoms with Gasteiger partial charge in [0.15, 0.2) is 0 Å². The summed E-state index contributed by atoms with van der Waals surface area (Å²) in [6.07, 6.45) is -3.90. The maximum atomic E-state index is 13.4. The second-order valence-corrected chi connectivity index (χ2v) is 5.98. The molecule has 1 saturated heterocycles. The molecule has 1 aliphatic rings. The van der Waals surface area contributed by atoms with Crippen LogP contribution in [0.5, 0.6) is 0 Å². The van der Waals surface area contributed by atoms with Crippen molar-refractivity contribution in [3.05, 3.63) is 23.8 Å². The van der Waals surface area contributed by atoms with Gasteiger partial charge in [0.2, 0.25) is 5.91 Å². The SMILES string of the molecule is CCCNC(=O)CNC(=O)Nc1ccc(N2CCOCC2)cc1C(F)(F)F. The number of halogens is 3. The molecule has 1 fully saturated rings. The highest BCUT2D eigenvalue weighted by Gasteiger charge is 2.35. The molecule has 150 valence electrons. The van der Waals surface area contributed by atoms with Crippen molar-refractivity contribution in [3.63, 3.8) is 0 Å². The maximum absolute atomic E-state index is 13.4. The van der Waals surface area contributed by atoms with Crippen LogP contribution in [0.1, 0.15) is 18.9 Å². The van der Waals surface area contributed by atoms with Crippen molar-refractivity contribution >= 4 is 23.3 Å². The Bertz CT molecular complexity index is 661. The Kier molecular flexibility index (Phi) is 7.28. The third-order valence-electron chi connectivity index (χ3n) is 3.91. The number of nitrogens with zero attached hydrogens (tertiary/aromatic N) is 1. The second kappa shape index (κ2) is 9.45. The van der Waals surface area contributed by atoms with Crippen molar-refractivity contribution in [2.45, 2.75) is 19.5 Å². The molecule has 3 N–H and O–H groups in total. The molecular formula is C17H23F3N4O3. The average Bonchev–Trinajstić information content (AvgIpc) is 2.65. The fourth-order valence-corrected chi connectivity index (χ4v) is 2.55. The summed E-state index contributed by atoms with van der Waals surface area (Å²) in [5, 5.41) is 6.96. The minimum Gasteiger partial charge on any atom is -0.378 e. The zero-order valence-electron chi connectivity index (χ0n) is 15.0. The topological polar surface area (TPSA) is 82.7 Å². The van der Waals surface area contributed by atoms with E-state index in [9.17, 15) is 22.8 Å². The summed E-state index contributed by atoms with van der Waals surface area (Å²) in [6, 6.07) is 2.86. The first kappa shape index (κ1) is 20.8. The first-order valence-corrected chi connectivity index (χ1v) is 8.66. The van der Waals surface area contributed by atoms with E-state index in [0.29, 0.717) is 38.5 Å². The fraction of sp³-hybridized carbons (Fsp3) is 0.529. The number of hydrogen-bond acceptors (Lipinski definition) is 4. The molecule has 2 rings (SSSR count). The van der Waals surface area contributed by atoms with E-state index in [4.69, 9.17) is 4.74 Å². The molecular weight excluding hydrogens is 365 g/mol. The summed E-state index contributed by atoms with van der Waals surface area (Å²) in [6.45, 7) is 3.91. The minimum atomic E-state index is -4.64. The smallest absolute Gasteiger partial charge is 0.378 e. The molecule has 0 atom stereocenters. The molecule has 1 aromatic rings. The largest absolute Gasteiger partial charge is 0.418 e. The van der Waals surface area contributed by atoms with E-state index in [2.05, 4.69) is 16.0 Å². The number of hydrogen-bond donors (Lipinski definition) is 3. The van der Waals surface area contributed by atoms with Crippen LogP contribution in [0, 0.1) is 0 Å². The van der Waals surface area contributed by atoms with Crippen molar-refractivity contribution in [3.8, 4) is 0 Å². The van der Waals surface area contributed by atoms with E-state index >= 15 is 0 Å². The monoisotopic (exact) mass is 388 g/mol.